The van der Waals surface area contributed by atoms with E-state index in [9.17, 15) is 14.0 Å². The summed E-state index contributed by atoms with van der Waals surface area (Å²) in [6.45, 7) is 0. The Labute approximate surface area is 180 Å². The maximum Gasteiger partial charge on any atom is 0.341 e. The summed E-state index contributed by atoms with van der Waals surface area (Å²) in [5.74, 6) is -0.0246. The Bertz CT molecular complexity index is 1250. The number of methoxy groups -OCH3 is 1. The molecule has 9 nitrogen and oxygen atoms in total. The van der Waals surface area contributed by atoms with Gasteiger partial charge in [-0.15, -0.1) is 0 Å². The molecule has 1 atom stereocenters. The van der Waals surface area contributed by atoms with Crippen LogP contribution in [0.3, 0.4) is 0 Å². The smallest absolute Gasteiger partial charge is 0.341 e. The number of carbonyl (C=O) groups excluding carboxylic acids is 1. The third-order valence-electron chi connectivity index (χ3n) is 4.78. The number of thioether (sulfide) groups is 1. The summed E-state index contributed by atoms with van der Waals surface area (Å²) in [5, 5.41) is 10.2. The van der Waals surface area contributed by atoms with Gasteiger partial charge in [0.2, 0.25) is 11.7 Å². The van der Waals surface area contributed by atoms with Crippen molar-refractivity contribution in [2.45, 2.75) is 12.5 Å². The van der Waals surface area contributed by atoms with Gasteiger partial charge in [0.25, 0.3) is 5.56 Å². The number of hydrogen-bond donors (Lipinski definition) is 1. The molecule has 160 valence electrons. The highest BCUT2D eigenvalue weighted by Gasteiger charge is 2.27. The number of nitrogens with one attached hydrogen (secondary N) is 1. The fraction of sp³-hybridized carbons (Fsp3) is 0.250. The molecule has 1 N–H and O–H groups in total. The number of fused-ring (bicyclic) bond motifs is 1. The zero-order valence-corrected chi connectivity index (χ0v) is 17.5. The van der Waals surface area contributed by atoms with E-state index in [4.69, 9.17) is 9.26 Å². The van der Waals surface area contributed by atoms with Gasteiger partial charge in [0.05, 0.1) is 18.2 Å². The first-order valence-electron chi connectivity index (χ1n) is 9.29. The van der Waals surface area contributed by atoms with E-state index in [1.54, 1.807) is 40.7 Å². The number of esters is 1. The van der Waals surface area contributed by atoms with Crippen molar-refractivity contribution in [2.24, 2.45) is 0 Å². The Morgan fingerprint density at radius 3 is 2.87 bits per heavy atom. The van der Waals surface area contributed by atoms with E-state index in [0.29, 0.717) is 6.42 Å². The number of nitrogens with zero attached hydrogens (tertiary/aromatic N) is 4. The van der Waals surface area contributed by atoms with Crippen molar-refractivity contribution in [3.63, 3.8) is 0 Å². The number of ether oxygens (including phenoxy) is 1. The molecule has 2 aliphatic rings. The van der Waals surface area contributed by atoms with Gasteiger partial charge in [-0.05, 0) is 30.6 Å². The van der Waals surface area contributed by atoms with E-state index >= 15 is 0 Å². The van der Waals surface area contributed by atoms with Gasteiger partial charge in [-0.1, -0.05) is 17.3 Å². The molecule has 0 fully saturated rings. The first-order valence-corrected chi connectivity index (χ1v) is 10.7. The lowest BCUT2D eigenvalue weighted by Crippen LogP contribution is -2.17. The lowest BCUT2D eigenvalue weighted by molar-refractivity contribution is 0.0600. The zero-order chi connectivity index (χ0) is 22.0. The van der Waals surface area contributed by atoms with Crippen LogP contribution in [0.5, 0.6) is 0 Å². The van der Waals surface area contributed by atoms with Crippen LogP contribution in [0.15, 0.2) is 46.0 Å². The summed E-state index contributed by atoms with van der Waals surface area (Å²) in [4.78, 5) is 28.9. The zero-order valence-electron chi connectivity index (χ0n) is 16.7. The normalized spacial score (nSPS) is 12.2. The molecule has 3 heterocycles. The van der Waals surface area contributed by atoms with E-state index in [0.717, 1.165) is 5.75 Å². The van der Waals surface area contributed by atoms with Crippen molar-refractivity contribution < 1.29 is 18.4 Å². The van der Waals surface area contributed by atoms with Crippen LogP contribution >= 0.6 is 11.8 Å². The third kappa shape index (κ3) is 3.96. The molecule has 4 rings (SSSR count). The van der Waals surface area contributed by atoms with Gasteiger partial charge >= 0.3 is 5.97 Å². The summed E-state index contributed by atoms with van der Waals surface area (Å²) in [7, 11) is 1.25. The topological polar surface area (TPSA) is 116 Å². The highest BCUT2D eigenvalue weighted by atomic mass is 32.2. The number of pyridine rings is 1. The largest absolute Gasteiger partial charge is 0.465 e. The molecule has 0 radical (unpaired) electrons. The van der Waals surface area contributed by atoms with Crippen LogP contribution in [0.25, 0.3) is 22.6 Å². The van der Waals surface area contributed by atoms with E-state index in [2.05, 4.69) is 20.3 Å². The van der Waals surface area contributed by atoms with Crippen LogP contribution in [0.4, 0.5) is 4.39 Å². The minimum atomic E-state index is -0.632. The molecular formula is C20H18FN5O4S. The Hall–Kier alpha value is -3.47. The number of aromatic amines is 1. The number of carbonyl (C=O) groups is 1. The molecule has 0 spiro atoms. The van der Waals surface area contributed by atoms with Crippen molar-refractivity contribution >= 4 is 17.7 Å². The van der Waals surface area contributed by atoms with Crippen LogP contribution in [0.2, 0.25) is 0 Å². The number of hydrogen-bond acceptors (Lipinski definition) is 8. The van der Waals surface area contributed by atoms with Gasteiger partial charge in [-0.3, -0.25) is 4.79 Å². The maximum absolute atomic E-state index is 14.1. The minimum absolute atomic E-state index is 0.116. The molecule has 0 amide bonds. The molecule has 0 saturated carbocycles. The summed E-state index contributed by atoms with van der Waals surface area (Å²) in [5.41, 5.74) is 0.353. The predicted molar refractivity (Wildman–Crippen MR) is 112 cm³/mol. The Balaban J connectivity index is 1.83. The minimum Gasteiger partial charge on any atom is -0.465 e. The van der Waals surface area contributed by atoms with Crippen molar-refractivity contribution in [2.75, 3.05) is 19.1 Å². The Kier molecular flexibility index (Phi) is 5.85. The number of aromatic nitrogens is 5. The second kappa shape index (κ2) is 8.72. The summed E-state index contributed by atoms with van der Waals surface area (Å²) >= 11 is 1.61. The highest BCUT2D eigenvalue weighted by Crippen LogP contribution is 2.29. The monoisotopic (exact) mass is 443 g/mol. The average molecular weight is 443 g/mol. The molecule has 1 aromatic carbocycles. The lowest BCUT2D eigenvalue weighted by Gasteiger charge is -2.19. The summed E-state index contributed by atoms with van der Waals surface area (Å²) in [6, 6.07) is 5.63. The molecule has 11 heteroatoms. The summed E-state index contributed by atoms with van der Waals surface area (Å²) in [6.07, 6.45) is 5.62. The fourth-order valence-electron chi connectivity index (χ4n) is 3.25. The van der Waals surface area contributed by atoms with Crippen LogP contribution in [-0.4, -0.2) is 50.0 Å². The molecule has 31 heavy (non-hydrogen) atoms. The SMILES string of the molecule is COC(=O)c1cn([C@H](CCSC)c2nc(-c3ccccc3F)no2)cc2c(=O)[nH]nc1-2. The fourth-order valence-corrected chi connectivity index (χ4v) is 3.71. The van der Waals surface area contributed by atoms with E-state index < -0.39 is 23.4 Å². The number of H-pyrrole nitrogens is 1. The summed E-state index contributed by atoms with van der Waals surface area (Å²) < 4.78 is 26.1. The van der Waals surface area contributed by atoms with Crippen molar-refractivity contribution in [3.05, 3.63) is 64.3 Å². The second-order valence-corrected chi connectivity index (χ2v) is 7.64. The lowest BCUT2D eigenvalue weighted by atomic mass is 10.1. The maximum atomic E-state index is 14.1. The number of benzene rings is 1. The van der Waals surface area contributed by atoms with Crippen molar-refractivity contribution in [1.82, 2.24) is 24.9 Å². The van der Waals surface area contributed by atoms with Crippen molar-refractivity contribution in [1.29, 1.82) is 0 Å². The number of halogens is 1. The molecule has 0 bridgehead atoms. The molecular weight excluding hydrogens is 425 g/mol. The van der Waals surface area contributed by atoms with Gasteiger partial charge in [0.15, 0.2) is 0 Å². The molecule has 0 unspecified atom stereocenters. The van der Waals surface area contributed by atoms with Crippen LogP contribution in [0, 0.1) is 5.82 Å². The van der Waals surface area contributed by atoms with Gasteiger partial charge in [-0.25, -0.2) is 14.3 Å². The van der Waals surface area contributed by atoms with Gasteiger partial charge in [0.1, 0.15) is 23.1 Å². The molecule has 2 aromatic rings. The van der Waals surface area contributed by atoms with Gasteiger partial charge in [0, 0.05) is 12.4 Å². The molecule has 1 aromatic heterocycles. The van der Waals surface area contributed by atoms with Crippen LogP contribution < -0.4 is 5.56 Å². The standard InChI is InChI=1S/C20H18FN5O4S/c1-29-20(28)13-10-26(9-12-16(13)23-24-18(12)27)15(7-8-31-2)19-22-17(25-30-19)11-5-3-4-6-14(11)21/h3-6,9-10,15H,7-8H2,1-2H3,(H,24,27)/t15-/m1/s1. The first-order chi connectivity index (χ1) is 15.0. The third-order valence-corrected chi connectivity index (χ3v) is 5.43. The van der Waals surface area contributed by atoms with E-state index in [-0.39, 0.29) is 34.1 Å². The Morgan fingerprint density at radius 2 is 2.13 bits per heavy atom. The molecule has 0 saturated heterocycles. The van der Waals surface area contributed by atoms with E-state index in [1.807, 2.05) is 6.26 Å². The average Bonchev–Trinajstić information content (AvgIpc) is 3.41. The molecule has 0 aliphatic carbocycles. The van der Waals surface area contributed by atoms with Gasteiger partial charge in [-0.2, -0.15) is 21.8 Å². The van der Waals surface area contributed by atoms with Crippen LogP contribution in [-0.2, 0) is 4.74 Å². The van der Waals surface area contributed by atoms with Crippen molar-refractivity contribution in [3.8, 4) is 22.6 Å². The van der Waals surface area contributed by atoms with Crippen LogP contribution in [0.1, 0.15) is 28.7 Å². The second-order valence-electron chi connectivity index (χ2n) is 6.66. The Morgan fingerprint density at radius 1 is 1.32 bits per heavy atom. The quantitative estimate of drug-likeness (QED) is 0.434. The highest BCUT2D eigenvalue weighted by molar-refractivity contribution is 7.98. The molecule has 2 aliphatic heterocycles. The van der Waals surface area contributed by atoms with Gasteiger partial charge < -0.3 is 13.8 Å². The number of rotatable bonds is 7. The van der Waals surface area contributed by atoms with E-state index in [1.165, 1.54) is 19.4 Å². The predicted octanol–water partition coefficient (Wildman–Crippen LogP) is 2.99. The first kappa shape index (κ1) is 20.8.